The van der Waals surface area contributed by atoms with Gasteiger partial charge in [0.15, 0.2) is 11.5 Å². The van der Waals surface area contributed by atoms with Gasteiger partial charge in [-0.15, -0.1) is 0 Å². The second-order valence-electron chi connectivity index (χ2n) is 7.96. The van der Waals surface area contributed by atoms with Crippen LogP contribution < -0.4 is 9.47 Å². The summed E-state index contributed by atoms with van der Waals surface area (Å²) in [7, 11) is 3.31. The smallest absolute Gasteiger partial charge is 0.306 e. The molecule has 1 aliphatic rings. The topological polar surface area (TPSA) is 59.0 Å². The molecule has 0 saturated carbocycles. The van der Waals surface area contributed by atoms with Crippen molar-refractivity contribution >= 4 is 5.97 Å². The molecule has 5 nitrogen and oxygen atoms in total. The summed E-state index contributed by atoms with van der Waals surface area (Å²) in [6.07, 6.45) is 1.31. The maximum atomic E-state index is 11.4. The minimum absolute atomic E-state index is 0.0176. The molecule has 1 aliphatic heterocycles. The monoisotopic (exact) mass is 397 g/mol. The molecule has 0 bridgehead atoms. The Balaban J connectivity index is 2.02. The fourth-order valence-corrected chi connectivity index (χ4v) is 4.18. The highest BCUT2D eigenvalue weighted by atomic mass is 16.5. The number of hydrogen-bond donors (Lipinski definition) is 1. The number of methoxy groups -OCH3 is 2. The van der Waals surface area contributed by atoms with Crippen molar-refractivity contribution in [3.63, 3.8) is 0 Å². The summed E-state index contributed by atoms with van der Waals surface area (Å²) in [4.78, 5) is 13.8. The first-order chi connectivity index (χ1) is 14.0. The number of hydrogen-bond acceptors (Lipinski definition) is 4. The summed E-state index contributed by atoms with van der Waals surface area (Å²) in [5.41, 5.74) is 3.52. The first kappa shape index (κ1) is 21.2. The zero-order chi connectivity index (χ0) is 21.0. The number of carboxylic acids is 1. The summed E-state index contributed by atoms with van der Waals surface area (Å²) in [5.74, 6) is 0.951. The molecule has 2 aromatic rings. The SMILES string of the molecule is COc1cccc(C(c2ccc(C(C)C)cc2)N2CCC(C(=O)O)CC2)c1OC. The molecule has 0 amide bonds. The average Bonchev–Trinajstić information content (AvgIpc) is 2.74. The third-order valence-electron chi connectivity index (χ3n) is 5.89. The lowest BCUT2D eigenvalue weighted by atomic mass is 9.90. The maximum Gasteiger partial charge on any atom is 0.306 e. The van der Waals surface area contributed by atoms with E-state index in [2.05, 4.69) is 49.1 Å². The maximum absolute atomic E-state index is 11.4. The Hall–Kier alpha value is -2.53. The summed E-state index contributed by atoms with van der Waals surface area (Å²) in [5, 5.41) is 9.38. The number of aliphatic carboxylic acids is 1. The Kier molecular flexibility index (Phi) is 6.80. The largest absolute Gasteiger partial charge is 0.493 e. The lowest BCUT2D eigenvalue weighted by Gasteiger charge is -2.37. The van der Waals surface area contributed by atoms with Gasteiger partial charge in [0, 0.05) is 5.56 Å². The van der Waals surface area contributed by atoms with E-state index in [1.165, 1.54) is 11.1 Å². The van der Waals surface area contributed by atoms with E-state index < -0.39 is 5.97 Å². The molecule has 1 atom stereocenters. The van der Waals surface area contributed by atoms with Crippen molar-refractivity contribution in [3.05, 3.63) is 59.2 Å². The van der Waals surface area contributed by atoms with Crippen LogP contribution in [-0.2, 0) is 4.79 Å². The van der Waals surface area contributed by atoms with Crippen molar-refractivity contribution in [2.75, 3.05) is 27.3 Å². The second-order valence-corrected chi connectivity index (χ2v) is 7.96. The van der Waals surface area contributed by atoms with Crippen LogP contribution in [0.2, 0.25) is 0 Å². The van der Waals surface area contributed by atoms with Crippen LogP contribution in [0.3, 0.4) is 0 Å². The number of para-hydroxylation sites is 1. The number of benzene rings is 2. The normalized spacial score (nSPS) is 16.6. The molecule has 156 valence electrons. The minimum atomic E-state index is -0.693. The van der Waals surface area contributed by atoms with Gasteiger partial charge < -0.3 is 14.6 Å². The van der Waals surface area contributed by atoms with Gasteiger partial charge in [0.05, 0.1) is 26.2 Å². The van der Waals surface area contributed by atoms with Crippen LogP contribution in [0.15, 0.2) is 42.5 Å². The molecule has 0 aromatic heterocycles. The van der Waals surface area contributed by atoms with E-state index in [4.69, 9.17) is 9.47 Å². The van der Waals surface area contributed by atoms with Crippen LogP contribution in [0.1, 0.15) is 55.3 Å². The Morgan fingerprint density at radius 3 is 2.14 bits per heavy atom. The van der Waals surface area contributed by atoms with E-state index in [1.807, 2.05) is 12.1 Å². The molecule has 0 aliphatic carbocycles. The van der Waals surface area contributed by atoms with E-state index in [0.717, 1.165) is 24.4 Å². The standard InChI is InChI=1S/C24H31NO4/c1-16(2)17-8-10-18(11-9-17)22(25-14-12-19(13-15-25)24(26)27)20-6-5-7-21(28-3)23(20)29-4/h5-11,16,19,22H,12-15H2,1-4H3,(H,26,27). The second kappa shape index (κ2) is 9.31. The molecule has 1 saturated heterocycles. The quantitative estimate of drug-likeness (QED) is 0.733. The Labute approximate surface area is 173 Å². The zero-order valence-electron chi connectivity index (χ0n) is 17.7. The van der Waals surface area contributed by atoms with E-state index in [9.17, 15) is 9.90 Å². The van der Waals surface area contributed by atoms with E-state index in [-0.39, 0.29) is 12.0 Å². The van der Waals surface area contributed by atoms with Gasteiger partial charge in [0.2, 0.25) is 0 Å². The third-order valence-corrected chi connectivity index (χ3v) is 5.89. The Bertz CT molecular complexity index is 823. The van der Waals surface area contributed by atoms with E-state index >= 15 is 0 Å². The number of rotatable bonds is 7. The number of likely N-dealkylation sites (tertiary alicyclic amines) is 1. The minimum Gasteiger partial charge on any atom is -0.493 e. The van der Waals surface area contributed by atoms with Gasteiger partial charge in [0.1, 0.15) is 0 Å². The molecule has 29 heavy (non-hydrogen) atoms. The van der Waals surface area contributed by atoms with Crippen molar-refractivity contribution in [1.29, 1.82) is 0 Å². The van der Waals surface area contributed by atoms with Crippen molar-refractivity contribution < 1.29 is 19.4 Å². The molecule has 0 radical (unpaired) electrons. The molecule has 1 unspecified atom stereocenters. The van der Waals surface area contributed by atoms with Crippen molar-refractivity contribution in [1.82, 2.24) is 4.90 Å². The molecule has 1 fully saturated rings. The zero-order valence-corrected chi connectivity index (χ0v) is 17.7. The van der Waals surface area contributed by atoms with Crippen LogP contribution in [0.25, 0.3) is 0 Å². The predicted molar refractivity (Wildman–Crippen MR) is 114 cm³/mol. The lowest BCUT2D eigenvalue weighted by molar-refractivity contribution is -0.143. The van der Waals surface area contributed by atoms with Gasteiger partial charge in [-0.1, -0.05) is 50.2 Å². The van der Waals surface area contributed by atoms with Crippen molar-refractivity contribution in [2.45, 2.75) is 38.6 Å². The highest BCUT2D eigenvalue weighted by Gasteiger charge is 2.32. The lowest BCUT2D eigenvalue weighted by Crippen LogP contribution is -2.39. The number of nitrogens with zero attached hydrogens (tertiary/aromatic N) is 1. The third kappa shape index (κ3) is 4.56. The fourth-order valence-electron chi connectivity index (χ4n) is 4.18. The number of piperidine rings is 1. The average molecular weight is 398 g/mol. The van der Waals surface area contributed by atoms with E-state index in [0.29, 0.717) is 24.5 Å². The fraction of sp³-hybridized carbons (Fsp3) is 0.458. The van der Waals surface area contributed by atoms with Crippen LogP contribution in [0, 0.1) is 5.92 Å². The number of ether oxygens (including phenoxy) is 2. The molecule has 2 aromatic carbocycles. The summed E-state index contributed by atoms with van der Waals surface area (Å²) >= 11 is 0. The molecule has 0 spiro atoms. The van der Waals surface area contributed by atoms with Gasteiger partial charge >= 0.3 is 5.97 Å². The van der Waals surface area contributed by atoms with Crippen LogP contribution in [-0.4, -0.2) is 43.3 Å². The highest BCUT2D eigenvalue weighted by molar-refractivity contribution is 5.70. The first-order valence-corrected chi connectivity index (χ1v) is 10.2. The molecular formula is C24H31NO4. The van der Waals surface area contributed by atoms with Gasteiger partial charge in [-0.05, 0) is 49.0 Å². The van der Waals surface area contributed by atoms with Gasteiger partial charge in [-0.3, -0.25) is 9.69 Å². The summed E-state index contributed by atoms with van der Waals surface area (Å²) in [6.45, 7) is 5.84. The molecule has 1 N–H and O–H groups in total. The van der Waals surface area contributed by atoms with Crippen molar-refractivity contribution in [3.8, 4) is 11.5 Å². The van der Waals surface area contributed by atoms with Gasteiger partial charge in [-0.2, -0.15) is 0 Å². The summed E-state index contributed by atoms with van der Waals surface area (Å²) < 4.78 is 11.3. The molecule has 5 heteroatoms. The molecule has 1 heterocycles. The van der Waals surface area contributed by atoms with Gasteiger partial charge in [0.25, 0.3) is 0 Å². The van der Waals surface area contributed by atoms with Crippen LogP contribution in [0.5, 0.6) is 11.5 Å². The van der Waals surface area contributed by atoms with Crippen LogP contribution >= 0.6 is 0 Å². The molecular weight excluding hydrogens is 366 g/mol. The number of carboxylic acid groups (broad SMARTS) is 1. The Morgan fingerprint density at radius 1 is 1.00 bits per heavy atom. The van der Waals surface area contributed by atoms with Gasteiger partial charge in [-0.25, -0.2) is 0 Å². The Morgan fingerprint density at radius 2 is 1.62 bits per heavy atom. The first-order valence-electron chi connectivity index (χ1n) is 10.2. The van der Waals surface area contributed by atoms with Crippen LogP contribution in [0.4, 0.5) is 0 Å². The number of carbonyl (C=O) groups is 1. The van der Waals surface area contributed by atoms with Crippen molar-refractivity contribution in [2.24, 2.45) is 5.92 Å². The molecule has 3 rings (SSSR count). The predicted octanol–water partition coefficient (Wildman–Crippen LogP) is 4.71. The summed E-state index contributed by atoms with van der Waals surface area (Å²) in [6, 6.07) is 14.7. The highest BCUT2D eigenvalue weighted by Crippen LogP contribution is 2.41. The van der Waals surface area contributed by atoms with E-state index in [1.54, 1.807) is 14.2 Å².